The number of aryl methyl sites for hydroxylation is 1. The molecule has 7 rings (SSSR count). The number of fused-ring (bicyclic) bond motifs is 2. The van der Waals surface area contributed by atoms with E-state index in [-0.39, 0.29) is 12.1 Å². The summed E-state index contributed by atoms with van der Waals surface area (Å²) in [4.78, 5) is 23.9. The molecule has 4 N–H and O–H groups in total. The number of aromatic amines is 1. The molecule has 1 unspecified atom stereocenters. The van der Waals surface area contributed by atoms with Gasteiger partial charge in [-0.3, -0.25) is 19.9 Å². The molecule has 1 amide bonds. The molecule has 9 heteroatoms. The van der Waals surface area contributed by atoms with Gasteiger partial charge in [-0.2, -0.15) is 5.10 Å². The molecule has 6 aromatic rings. The normalized spacial score (nSPS) is 14.0. The van der Waals surface area contributed by atoms with Gasteiger partial charge in [0.1, 0.15) is 6.17 Å². The smallest absolute Gasteiger partial charge is 0.228 e. The molecule has 5 heterocycles. The standard InChI is InChI=1S/C31H25N7OS/c1-18-7-10-27(40-18)24-16-33-17-26-29(24)36-31(35-26)30-23-13-20(8-9-25(23)37-38-30)21-12-22(15-32-14-21)34-28(39)11-19-5-3-2-4-6-19/h2-10,12-17,31,35-36H,11H2,1H3,(H,34,39)(H,37,38). The monoisotopic (exact) mass is 543 g/mol. The average molecular weight is 544 g/mol. The van der Waals surface area contributed by atoms with Crippen LogP contribution in [-0.2, 0) is 11.2 Å². The molecule has 40 heavy (non-hydrogen) atoms. The fourth-order valence-electron chi connectivity index (χ4n) is 5.05. The SMILES string of the molecule is Cc1ccc(-c2cncc3c2NC(c2[nH]nc4ccc(-c5cncc(NC(=O)Cc6ccccc6)c5)cc24)N3)s1. The summed E-state index contributed by atoms with van der Waals surface area (Å²) >= 11 is 1.75. The third-order valence-electron chi connectivity index (χ3n) is 6.98. The molecule has 196 valence electrons. The van der Waals surface area contributed by atoms with Gasteiger partial charge in [-0.25, -0.2) is 0 Å². The van der Waals surface area contributed by atoms with Crippen molar-refractivity contribution in [2.24, 2.45) is 0 Å². The van der Waals surface area contributed by atoms with Crippen LogP contribution in [0.2, 0.25) is 0 Å². The Balaban J connectivity index is 1.15. The van der Waals surface area contributed by atoms with Crippen molar-refractivity contribution in [2.75, 3.05) is 16.0 Å². The zero-order valence-electron chi connectivity index (χ0n) is 21.6. The number of amides is 1. The van der Waals surface area contributed by atoms with Crippen molar-refractivity contribution in [3.63, 3.8) is 0 Å². The fraction of sp³-hybridized carbons (Fsp3) is 0.0968. The van der Waals surface area contributed by atoms with E-state index in [0.29, 0.717) is 12.1 Å². The van der Waals surface area contributed by atoms with Crippen LogP contribution in [-0.4, -0.2) is 26.1 Å². The minimum Gasteiger partial charge on any atom is -0.358 e. The second-order valence-corrected chi connectivity index (χ2v) is 11.1. The highest BCUT2D eigenvalue weighted by molar-refractivity contribution is 7.15. The molecule has 0 saturated carbocycles. The number of rotatable bonds is 6. The average Bonchev–Trinajstić information content (AvgIpc) is 3.71. The summed E-state index contributed by atoms with van der Waals surface area (Å²) in [6, 6.07) is 22.0. The Morgan fingerprint density at radius 3 is 2.65 bits per heavy atom. The maximum atomic E-state index is 12.6. The van der Waals surface area contributed by atoms with E-state index >= 15 is 0 Å². The first-order valence-corrected chi connectivity index (χ1v) is 13.8. The molecule has 8 nitrogen and oxygen atoms in total. The van der Waals surface area contributed by atoms with Gasteiger partial charge < -0.3 is 16.0 Å². The molecule has 0 radical (unpaired) electrons. The van der Waals surface area contributed by atoms with Crippen LogP contribution in [0.15, 0.2) is 91.5 Å². The van der Waals surface area contributed by atoms with E-state index in [4.69, 9.17) is 0 Å². The Kier molecular flexibility index (Phi) is 5.98. The number of nitrogens with zero attached hydrogens (tertiary/aromatic N) is 3. The van der Waals surface area contributed by atoms with Crippen LogP contribution in [0.25, 0.3) is 32.5 Å². The van der Waals surface area contributed by atoms with Gasteiger partial charge in [-0.15, -0.1) is 11.3 Å². The van der Waals surface area contributed by atoms with Crippen LogP contribution in [0, 0.1) is 6.92 Å². The summed E-state index contributed by atoms with van der Waals surface area (Å²) in [6.07, 6.45) is 7.33. The highest BCUT2D eigenvalue weighted by Crippen LogP contribution is 2.44. The fourth-order valence-corrected chi connectivity index (χ4v) is 5.94. The largest absolute Gasteiger partial charge is 0.358 e. The molecule has 4 aromatic heterocycles. The Hall–Kier alpha value is -5.02. The summed E-state index contributed by atoms with van der Waals surface area (Å²) in [7, 11) is 0. The Labute approximate surface area is 234 Å². The Morgan fingerprint density at radius 1 is 0.925 bits per heavy atom. The molecule has 0 saturated heterocycles. The van der Waals surface area contributed by atoms with Gasteiger partial charge in [0.2, 0.25) is 5.91 Å². The van der Waals surface area contributed by atoms with Crippen LogP contribution in [0.1, 0.15) is 22.3 Å². The van der Waals surface area contributed by atoms with E-state index in [1.54, 1.807) is 23.7 Å². The van der Waals surface area contributed by atoms with Crippen molar-refractivity contribution in [2.45, 2.75) is 19.5 Å². The van der Waals surface area contributed by atoms with E-state index in [9.17, 15) is 4.79 Å². The molecule has 1 aliphatic heterocycles. The third kappa shape index (κ3) is 4.56. The van der Waals surface area contributed by atoms with Crippen molar-refractivity contribution in [1.82, 2.24) is 20.2 Å². The summed E-state index contributed by atoms with van der Waals surface area (Å²) in [5.74, 6) is -0.0813. The molecule has 0 aliphatic carbocycles. The lowest BCUT2D eigenvalue weighted by Gasteiger charge is -2.12. The van der Waals surface area contributed by atoms with Gasteiger partial charge in [0, 0.05) is 38.7 Å². The van der Waals surface area contributed by atoms with Crippen molar-refractivity contribution >= 4 is 45.2 Å². The van der Waals surface area contributed by atoms with Gasteiger partial charge in [0.15, 0.2) is 0 Å². The number of hydrogen-bond acceptors (Lipinski definition) is 7. The molecule has 0 bridgehead atoms. The van der Waals surface area contributed by atoms with Crippen LogP contribution >= 0.6 is 11.3 Å². The summed E-state index contributed by atoms with van der Waals surface area (Å²) in [5, 5.41) is 18.9. The molecular weight excluding hydrogens is 518 g/mol. The second-order valence-electron chi connectivity index (χ2n) is 9.78. The molecular formula is C31H25N7OS. The van der Waals surface area contributed by atoms with E-state index in [1.165, 1.54) is 9.75 Å². The number of anilines is 3. The number of hydrogen-bond donors (Lipinski definition) is 4. The lowest BCUT2D eigenvalue weighted by atomic mass is 10.0. The van der Waals surface area contributed by atoms with Crippen LogP contribution in [0.4, 0.5) is 17.1 Å². The number of thiophene rings is 1. The zero-order chi connectivity index (χ0) is 27.1. The number of H-pyrrole nitrogens is 1. The molecule has 0 spiro atoms. The van der Waals surface area contributed by atoms with E-state index in [0.717, 1.165) is 50.2 Å². The van der Waals surface area contributed by atoms with Crippen LogP contribution in [0.5, 0.6) is 0 Å². The van der Waals surface area contributed by atoms with Gasteiger partial charge in [-0.1, -0.05) is 36.4 Å². The summed E-state index contributed by atoms with van der Waals surface area (Å²) in [5.41, 5.74) is 8.37. The highest BCUT2D eigenvalue weighted by atomic mass is 32.1. The topological polar surface area (TPSA) is 108 Å². The summed E-state index contributed by atoms with van der Waals surface area (Å²) in [6.45, 7) is 2.11. The van der Waals surface area contributed by atoms with Crippen molar-refractivity contribution in [3.05, 3.63) is 108 Å². The maximum Gasteiger partial charge on any atom is 0.228 e. The lowest BCUT2D eigenvalue weighted by molar-refractivity contribution is -0.115. The first-order chi connectivity index (χ1) is 19.6. The minimum absolute atomic E-state index is 0.0813. The van der Waals surface area contributed by atoms with Gasteiger partial charge in [0.05, 0.1) is 47.1 Å². The van der Waals surface area contributed by atoms with Crippen molar-refractivity contribution in [1.29, 1.82) is 0 Å². The van der Waals surface area contributed by atoms with E-state index < -0.39 is 0 Å². The van der Waals surface area contributed by atoms with Crippen LogP contribution in [0.3, 0.4) is 0 Å². The molecule has 2 aromatic carbocycles. The van der Waals surface area contributed by atoms with E-state index in [2.05, 4.69) is 61.2 Å². The predicted octanol–water partition coefficient (Wildman–Crippen LogP) is 6.77. The van der Waals surface area contributed by atoms with Gasteiger partial charge in [0.25, 0.3) is 0 Å². The quantitative estimate of drug-likeness (QED) is 0.185. The number of carbonyl (C=O) groups excluding carboxylic acids is 1. The maximum absolute atomic E-state index is 12.6. The second kappa shape index (κ2) is 9.94. The molecule has 0 fully saturated rings. The Morgan fingerprint density at radius 2 is 1.80 bits per heavy atom. The zero-order valence-corrected chi connectivity index (χ0v) is 22.4. The van der Waals surface area contributed by atoms with E-state index in [1.807, 2.05) is 60.9 Å². The minimum atomic E-state index is -0.194. The van der Waals surface area contributed by atoms with Crippen molar-refractivity contribution < 1.29 is 4.79 Å². The molecule has 1 atom stereocenters. The third-order valence-corrected chi connectivity index (χ3v) is 8.01. The number of carbonyl (C=O) groups is 1. The Bertz CT molecular complexity index is 1860. The number of nitrogens with one attached hydrogen (secondary N) is 4. The van der Waals surface area contributed by atoms with Crippen LogP contribution < -0.4 is 16.0 Å². The highest BCUT2D eigenvalue weighted by Gasteiger charge is 2.27. The molecule has 1 aliphatic rings. The predicted molar refractivity (Wildman–Crippen MR) is 160 cm³/mol. The van der Waals surface area contributed by atoms with Gasteiger partial charge in [-0.05, 0) is 48.4 Å². The number of benzene rings is 2. The number of aromatic nitrogens is 4. The van der Waals surface area contributed by atoms with Crippen molar-refractivity contribution in [3.8, 4) is 21.6 Å². The lowest BCUT2D eigenvalue weighted by Crippen LogP contribution is -2.14. The number of pyridine rings is 2. The first kappa shape index (κ1) is 24.1. The summed E-state index contributed by atoms with van der Waals surface area (Å²) < 4.78 is 0. The van der Waals surface area contributed by atoms with Gasteiger partial charge >= 0.3 is 0 Å². The first-order valence-electron chi connectivity index (χ1n) is 13.0.